The van der Waals surface area contributed by atoms with Crippen LogP contribution in [0.15, 0.2) is 24.3 Å². The van der Waals surface area contributed by atoms with E-state index in [2.05, 4.69) is 17.1 Å². The molecule has 0 amide bonds. The van der Waals surface area contributed by atoms with Crippen LogP contribution in [0, 0.1) is 5.82 Å². The molecule has 0 bridgehead atoms. The van der Waals surface area contributed by atoms with E-state index in [1.807, 2.05) is 12.1 Å². The molecule has 1 N–H and O–H groups in total. The van der Waals surface area contributed by atoms with Crippen molar-refractivity contribution in [1.29, 1.82) is 0 Å². The highest BCUT2D eigenvalue weighted by atomic mass is 19.1. The third-order valence-corrected chi connectivity index (χ3v) is 3.25. The van der Waals surface area contributed by atoms with Crippen LogP contribution >= 0.6 is 0 Å². The lowest BCUT2D eigenvalue weighted by Crippen LogP contribution is -2.29. The highest BCUT2D eigenvalue weighted by molar-refractivity contribution is 5.46. The van der Waals surface area contributed by atoms with Gasteiger partial charge in [-0.1, -0.05) is 6.92 Å². The summed E-state index contributed by atoms with van der Waals surface area (Å²) in [7, 11) is 0. The zero-order valence-corrected chi connectivity index (χ0v) is 9.75. The monoisotopic (exact) mass is 222 g/mol. The standard InChI is InChI=1S/C13H19FN2/c1-2-12-7-9-16(10-8-15-12)13-5-3-11(14)4-6-13/h3-6,12,15H,2,7-10H2,1H3. The van der Waals surface area contributed by atoms with E-state index in [-0.39, 0.29) is 5.82 Å². The molecule has 2 nitrogen and oxygen atoms in total. The molecule has 3 heteroatoms. The van der Waals surface area contributed by atoms with Gasteiger partial charge in [-0.2, -0.15) is 0 Å². The fourth-order valence-electron chi connectivity index (χ4n) is 2.19. The molecule has 1 unspecified atom stereocenters. The highest BCUT2D eigenvalue weighted by Gasteiger charge is 2.14. The smallest absolute Gasteiger partial charge is 0.123 e. The van der Waals surface area contributed by atoms with Crippen molar-refractivity contribution in [3.63, 3.8) is 0 Å². The van der Waals surface area contributed by atoms with Crippen LogP contribution in [0.1, 0.15) is 19.8 Å². The van der Waals surface area contributed by atoms with E-state index < -0.39 is 0 Å². The maximum atomic E-state index is 12.8. The number of anilines is 1. The minimum Gasteiger partial charge on any atom is -0.370 e. The summed E-state index contributed by atoms with van der Waals surface area (Å²) in [4.78, 5) is 2.32. The third-order valence-electron chi connectivity index (χ3n) is 3.25. The van der Waals surface area contributed by atoms with Crippen molar-refractivity contribution in [2.45, 2.75) is 25.8 Å². The summed E-state index contributed by atoms with van der Waals surface area (Å²) in [5.74, 6) is -0.164. The lowest BCUT2D eigenvalue weighted by molar-refractivity contribution is 0.510. The normalized spacial score (nSPS) is 21.9. The molecule has 1 atom stereocenters. The highest BCUT2D eigenvalue weighted by Crippen LogP contribution is 2.17. The fraction of sp³-hybridized carbons (Fsp3) is 0.538. The number of nitrogens with one attached hydrogen (secondary N) is 1. The van der Waals surface area contributed by atoms with Crippen molar-refractivity contribution in [3.05, 3.63) is 30.1 Å². The average molecular weight is 222 g/mol. The van der Waals surface area contributed by atoms with E-state index in [1.165, 1.54) is 18.6 Å². The zero-order valence-electron chi connectivity index (χ0n) is 9.75. The Morgan fingerprint density at radius 2 is 2.06 bits per heavy atom. The van der Waals surface area contributed by atoms with E-state index in [9.17, 15) is 4.39 Å². The Bertz CT molecular complexity index is 323. The Balaban J connectivity index is 2.02. The molecule has 1 aromatic carbocycles. The maximum Gasteiger partial charge on any atom is 0.123 e. The van der Waals surface area contributed by atoms with Crippen molar-refractivity contribution in [1.82, 2.24) is 5.32 Å². The van der Waals surface area contributed by atoms with Crippen LogP contribution < -0.4 is 10.2 Å². The molecule has 0 aliphatic carbocycles. The molecule has 1 aromatic rings. The summed E-state index contributed by atoms with van der Waals surface area (Å²) >= 11 is 0. The van der Waals surface area contributed by atoms with Gasteiger partial charge in [-0.25, -0.2) is 4.39 Å². The first-order valence-electron chi connectivity index (χ1n) is 6.03. The molecule has 1 aliphatic heterocycles. The van der Waals surface area contributed by atoms with Gasteiger partial charge in [0.05, 0.1) is 0 Å². The molecule has 0 saturated carbocycles. The molecule has 1 fully saturated rings. The summed E-state index contributed by atoms with van der Waals surface area (Å²) in [6, 6.07) is 7.42. The predicted octanol–water partition coefficient (Wildman–Crippen LogP) is 2.40. The fourth-order valence-corrected chi connectivity index (χ4v) is 2.19. The van der Waals surface area contributed by atoms with E-state index in [1.54, 1.807) is 0 Å². The maximum absolute atomic E-state index is 12.8. The third kappa shape index (κ3) is 2.73. The molecule has 0 aromatic heterocycles. The van der Waals surface area contributed by atoms with Crippen LogP contribution in [0.4, 0.5) is 10.1 Å². The molecule has 88 valence electrons. The van der Waals surface area contributed by atoms with Gasteiger partial charge in [0.1, 0.15) is 5.82 Å². The Hall–Kier alpha value is -1.09. The van der Waals surface area contributed by atoms with Crippen LogP contribution in [0.3, 0.4) is 0 Å². The molecule has 1 aliphatic rings. The van der Waals surface area contributed by atoms with Gasteiger partial charge in [0.25, 0.3) is 0 Å². The van der Waals surface area contributed by atoms with E-state index >= 15 is 0 Å². The topological polar surface area (TPSA) is 15.3 Å². The summed E-state index contributed by atoms with van der Waals surface area (Å²) in [5, 5.41) is 3.53. The first-order chi connectivity index (χ1) is 7.79. The molecule has 1 saturated heterocycles. The van der Waals surface area contributed by atoms with E-state index in [4.69, 9.17) is 0 Å². The van der Waals surface area contributed by atoms with Crippen LogP contribution in [0.5, 0.6) is 0 Å². The van der Waals surface area contributed by atoms with Crippen LogP contribution in [-0.4, -0.2) is 25.7 Å². The lowest BCUT2D eigenvalue weighted by atomic mass is 10.1. The Morgan fingerprint density at radius 1 is 1.31 bits per heavy atom. The second kappa shape index (κ2) is 5.30. The van der Waals surface area contributed by atoms with Gasteiger partial charge in [-0.15, -0.1) is 0 Å². The first-order valence-corrected chi connectivity index (χ1v) is 6.03. The summed E-state index contributed by atoms with van der Waals surface area (Å²) in [6.45, 7) is 5.28. The number of rotatable bonds is 2. The Morgan fingerprint density at radius 3 is 2.75 bits per heavy atom. The van der Waals surface area contributed by atoms with Gasteiger partial charge < -0.3 is 10.2 Å². The molecule has 0 radical (unpaired) electrons. The van der Waals surface area contributed by atoms with E-state index in [0.717, 1.165) is 31.7 Å². The summed E-state index contributed by atoms with van der Waals surface area (Å²) < 4.78 is 12.8. The van der Waals surface area contributed by atoms with Crippen molar-refractivity contribution < 1.29 is 4.39 Å². The number of halogens is 1. The van der Waals surface area contributed by atoms with Crippen molar-refractivity contribution in [3.8, 4) is 0 Å². The van der Waals surface area contributed by atoms with Gasteiger partial charge in [-0.3, -0.25) is 0 Å². The van der Waals surface area contributed by atoms with Gasteiger partial charge in [0, 0.05) is 31.4 Å². The van der Waals surface area contributed by atoms with Crippen molar-refractivity contribution >= 4 is 5.69 Å². The SMILES string of the molecule is CCC1CCN(c2ccc(F)cc2)CCN1. The summed E-state index contributed by atoms with van der Waals surface area (Å²) in [5.41, 5.74) is 1.12. The predicted molar refractivity (Wildman–Crippen MR) is 65.3 cm³/mol. The van der Waals surface area contributed by atoms with Crippen molar-refractivity contribution in [2.75, 3.05) is 24.5 Å². The quantitative estimate of drug-likeness (QED) is 0.826. The minimum atomic E-state index is -0.164. The van der Waals surface area contributed by atoms with Gasteiger partial charge >= 0.3 is 0 Å². The Kier molecular flexibility index (Phi) is 3.78. The molecule has 2 rings (SSSR count). The van der Waals surface area contributed by atoms with Gasteiger partial charge in [0.2, 0.25) is 0 Å². The second-order valence-electron chi connectivity index (χ2n) is 4.31. The van der Waals surface area contributed by atoms with Gasteiger partial charge in [-0.05, 0) is 37.1 Å². The molecular formula is C13H19FN2. The number of nitrogens with zero attached hydrogens (tertiary/aromatic N) is 1. The summed E-state index contributed by atoms with van der Waals surface area (Å²) in [6.07, 6.45) is 2.34. The molecule has 16 heavy (non-hydrogen) atoms. The van der Waals surface area contributed by atoms with Crippen LogP contribution in [0.25, 0.3) is 0 Å². The number of benzene rings is 1. The number of hydrogen-bond acceptors (Lipinski definition) is 2. The number of hydrogen-bond donors (Lipinski definition) is 1. The minimum absolute atomic E-state index is 0.164. The second-order valence-corrected chi connectivity index (χ2v) is 4.31. The van der Waals surface area contributed by atoms with Gasteiger partial charge in [0.15, 0.2) is 0 Å². The first kappa shape index (κ1) is 11.4. The molecule has 0 spiro atoms. The lowest BCUT2D eigenvalue weighted by Gasteiger charge is -2.22. The van der Waals surface area contributed by atoms with Crippen LogP contribution in [0.2, 0.25) is 0 Å². The van der Waals surface area contributed by atoms with Crippen molar-refractivity contribution in [2.24, 2.45) is 0 Å². The van der Waals surface area contributed by atoms with Crippen LogP contribution in [-0.2, 0) is 0 Å². The molecule has 1 heterocycles. The Labute approximate surface area is 96.5 Å². The average Bonchev–Trinajstić information content (AvgIpc) is 2.55. The molecular weight excluding hydrogens is 203 g/mol. The van der Waals surface area contributed by atoms with E-state index in [0.29, 0.717) is 6.04 Å². The largest absolute Gasteiger partial charge is 0.370 e. The zero-order chi connectivity index (χ0) is 11.4.